The van der Waals surface area contributed by atoms with Crippen LogP contribution in [0.1, 0.15) is 17.9 Å². The topological polar surface area (TPSA) is 26.3 Å². The average molecular weight is 249 g/mol. The van der Waals surface area contributed by atoms with Crippen LogP contribution in [0, 0.1) is 0 Å². The predicted octanol–water partition coefficient (Wildman–Crippen LogP) is 3.72. The van der Waals surface area contributed by atoms with Crippen LogP contribution in [0.5, 0.6) is 5.75 Å². The zero-order chi connectivity index (χ0) is 12.4. The van der Waals surface area contributed by atoms with Crippen molar-refractivity contribution in [2.45, 2.75) is 12.3 Å². The van der Waals surface area contributed by atoms with E-state index < -0.39 is 5.38 Å². The van der Waals surface area contributed by atoms with Crippen LogP contribution in [0.4, 0.5) is 0 Å². The number of halogens is 1. The Labute approximate surface area is 105 Å². The van der Waals surface area contributed by atoms with Gasteiger partial charge in [0.25, 0.3) is 0 Å². The van der Waals surface area contributed by atoms with Gasteiger partial charge in [0, 0.05) is 5.56 Å². The van der Waals surface area contributed by atoms with E-state index in [2.05, 4.69) is 0 Å². The molecule has 1 atom stereocenters. The number of carbonyl (C=O) groups excluding carboxylic acids is 1. The summed E-state index contributed by atoms with van der Waals surface area (Å²) in [6.45, 7) is 1.48. The van der Waals surface area contributed by atoms with Crippen molar-refractivity contribution >= 4 is 28.2 Å². The number of alkyl halides is 1. The van der Waals surface area contributed by atoms with E-state index in [-0.39, 0.29) is 5.78 Å². The van der Waals surface area contributed by atoms with Gasteiger partial charge in [0.1, 0.15) is 11.1 Å². The fraction of sp³-hybridized carbons (Fsp3) is 0.214. The zero-order valence-corrected chi connectivity index (χ0v) is 10.5. The first-order valence-electron chi connectivity index (χ1n) is 5.35. The molecule has 0 aliphatic carbocycles. The lowest BCUT2D eigenvalue weighted by molar-refractivity contribution is -0.116. The van der Waals surface area contributed by atoms with Crippen LogP contribution in [0.25, 0.3) is 10.8 Å². The molecule has 2 rings (SSSR count). The molecule has 2 aromatic rings. The third kappa shape index (κ3) is 2.13. The van der Waals surface area contributed by atoms with Gasteiger partial charge < -0.3 is 4.74 Å². The maximum Gasteiger partial charge on any atom is 0.152 e. The first-order valence-corrected chi connectivity index (χ1v) is 5.79. The number of hydrogen-bond donors (Lipinski definition) is 0. The maximum atomic E-state index is 11.5. The second-order valence-corrected chi connectivity index (χ2v) is 4.31. The van der Waals surface area contributed by atoms with E-state index in [0.717, 1.165) is 16.3 Å². The predicted molar refractivity (Wildman–Crippen MR) is 69.8 cm³/mol. The van der Waals surface area contributed by atoms with Gasteiger partial charge in [-0.2, -0.15) is 0 Å². The molecule has 0 spiro atoms. The summed E-state index contributed by atoms with van der Waals surface area (Å²) >= 11 is 6.17. The Hall–Kier alpha value is -1.54. The van der Waals surface area contributed by atoms with Gasteiger partial charge in [0.2, 0.25) is 0 Å². The second kappa shape index (κ2) is 4.76. The molecule has 0 saturated carbocycles. The molecule has 0 saturated heterocycles. The summed E-state index contributed by atoms with van der Waals surface area (Å²) in [6, 6.07) is 11.6. The SMILES string of the molecule is COc1ccc2ccccc2c1C(Cl)C(C)=O. The van der Waals surface area contributed by atoms with Gasteiger partial charge in [-0.3, -0.25) is 4.79 Å². The Morgan fingerprint density at radius 3 is 2.59 bits per heavy atom. The molecule has 0 radical (unpaired) electrons. The molecule has 88 valence electrons. The third-order valence-corrected chi connectivity index (χ3v) is 3.29. The van der Waals surface area contributed by atoms with E-state index in [1.807, 2.05) is 36.4 Å². The number of ketones is 1. The number of Topliss-reactive ketones (excluding diaryl/α,β-unsaturated/α-hetero) is 1. The molecule has 2 nitrogen and oxygen atoms in total. The van der Waals surface area contributed by atoms with Crippen molar-refractivity contribution in [3.8, 4) is 5.75 Å². The normalized spacial score (nSPS) is 12.4. The van der Waals surface area contributed by atoms with Crippen molar-refractivity contribution in [3.63, 3.8) is 0 Å². The van der Waals surface area contributed by atoms with E-state index >= 15 is 0 Å². The fourth-order valence-corrected chi connectivity index (χ4v) is 2.14. The van der Waals surface area contributed by atoms with Crippen LogP contribution < -0.4 is 4.74 Å². The molecule has 0 aliphatic heterocycles. The minimum absolute atomic E-state index is 0.0821. The summed E-state index contributed by atoms with van der Waals surface area (Å²) < 4.78 is 5.29. The van der Waals surface area contributed by atoms with Crippen LogP contribution in [0.2, 0.25) is 0 Å². The van der Waals surface area contributed by atoms with Crippen LogP contribution in [0.15, 0.2) is 36.4 Å². The third-order valence-electron chi connectivity index (χ3n) is 2.76. The molecule has 17 heavy (non-hydrogen) atoms. The van der Waals surface area contributed by atoms with Crippen molar-refractivity contribution in [1.29, 1.82) is 0 Å². The van der Waals surface area contributed by atoms with E-state index in [1.54, 1.807) is 7.11 Å². The minimum Gasteiger partial charge on any atom is -0.496 e. The lowest BCUT2D eigenvalue weighted by Crippen LogP contribution is -2.04. The van der Waals surface area contributed by atoms with Crippen LogP contribution >= 0.6 is 11.6 Å². The van der Waals surface area contributed by atoms with Gasteiger partial charge in [-0.25, -0.2) is 0 Å². The van der Waals surface area contributed by atoms with Gasteiger partial charge in [-0.1, -0.05) is 30.3 Å². The van der Waals surface area contributed by atoms with E-state index in [4.69, 9.17) is 16.3 Å². The molecule has 0 N–H and O–H groups in total. The Morgan fingerprint density at radius 2 is 1.94 bits per heavy atom. The second-order valence-electron chi connectivity index (χ2n) is 3.88. The summed E-state index contributed by atoms with van der Waals surface area (Å²) in [5.41, 5.74) is 0.750. The van der Waals surface area contributed by atoms with Crippen LogP contribution in [-0.2, 0) is 4.79 Å². The van der Waals surface area contributed by atoms with Crippen molar-refractivity contribution in [2.24, 2.45) is 0 Å². The first kappa shape index (κ1) is 11.9. The van der Waals surface area contributed by atoms with E-state index in [9.17, 15) is 4.79 Å². The standard InChI is InChI=1S/C14H13ClO2/c1-9(16)14(15)13-11-6-4-3-5-10(11)7-8-12(13)17-2/h3-8,14H,1-2H3. The van der Waals surface area contributed by atoms with E-state index in [1.165, 1.54) is 6.92 Å². The maximum absolute atomic E-state index is 11.5. The number of rotatable bonds is 3. The van der Waals surface area contributed by atoms with Gasteiger partial charge in [-0.15, -0.1) is 11.6 Å². The highest BCUT2D eigenvalue weighted by atomic mass is 35.5. The number of carbonyl (C=O) groups is 1. The monoisotopic (exact) mass is 248 g/mol. The van der Waals surface area contributed by atoms with Gasteiger partial charge in [-0.05, 0) is 23.8 Å². The van der Waals surface area contributed by atoms with Gasteiger partial charge >= 0.3 is 0 Å². The van der Waals surface area contributed by atoms with Gasteiger partial charge in [0.15, 0.2) is 5.78 Å². The highest BCUT2D eigenvalue weighted by molar-refractivity contribution is 6.32. The Morgan fingerprint density at radius 1 is 1.24 bits per heavy atom. The molecular weight excluding hydrogens is 236 g/mol. The molecule has 0 aliphatic rings. The Kier molecular flexibility index (Phi) is 3.34. The average Bonchev–Trinajstić information content (AvgIpc) is 2.36. The number of benzene rings is 2. The minimum atomic E-state index is -0.670. The molecule has 0 heterocycles. The lowest BCUT2D eigenvalue weighted by atomic mass is 9.99. The number of ether oxygens (including phenoxy) is 1. The molecule has 1 unspecified atom stereocenters. The number of hydrogen-bond acceptors (Lipinski definition) is 2. The molecule has 0 amide bonds. The molecule has 3 heteroatoms. The van der Waals surface area contributed by atoms with Crippen LogP contribution in [0.3, 0.4) is 0 Å². The number of fused-ring (bicyclic) bond motifs is 1. The molecule has 0 bridgehead atoms. The largest absolute Gasteiger partial charge is 0.496 e. The smallest absolute Gasteiger partial charge is 0.152 e. The Balaban J connectivity index is 2.75. The highest BCUT2D eigenvalue weighted by Gasteiger charge is 2.20. The molecule has 0 fully saturated rings. The first-order chi connectivity index (χ1) is 8.15. The fourth-order valence-electron chi connectivity index (χ4n) is 1.92. The molecule has 2 aromatic carbocycles. The molecule has 0 aromatic heterocycles. The number of methoxy groups -OCH3 is 1. The van der Waals surface area contributed by atoms with Crippen molar-refractivity contribution < 1.29 is 9.53 Å². The van der Waals surface area contributed by atoms with Crippen molar-refractivity contribution in [3.05, 3.63) is 42.0 Å². The summed E-state index contributed by atoms with van der Waals surface area (Å²) in [7, 11) is 1.58. The Bertz CT molecular complexity index is 563. The summed E-state index contributed by atoms with van der Waals surface area (Å²) in [5, 5.41) is 1.34. The van der Waals surface area contributed by atoms with Crippen LogP contribution in [-0.4, -0.2) is 12.9 Å². The lowest BCUT2D eigenvalue weighted by Gasteiger charge is -2.14. The summed E-state index contributed by atoms with van der Waals surface area (Å²) in [6.07, 6.45) is 0. The summed E-state index contributed by atoms with van der Waals surface area (Å²) in [5.74, 6) is 0.570. The quantitative estimate of drug-likeness (QED) is 0.774. The van der Waals surface area contributed by atoms with Gasteiger partial charge in [0.05, 0.1) is 7.11 Å². The highest BCUT2D eigenvalue weighted by Crippen LogP contribution is 2.36. The molecular formula is C14H13ClO2. The van der Waals surface area contributed by atoms with E-state index in [0.29, 0.717) is 5.75 Å². The van der Waals surface area contributed by atoms with Crippen molar-refractivity contribution in [1.82, 2.24) is 0 Å². The summed E-state index contributed by atoms with van der Waals surface area (Å²) in [4.78, 5) is 11.5. The zero-order valence-electron chi connectivity index (χ0n) is 9.74. The van der Waals surface area contributed by atoms with Crippen molar-refractivity contribution in [2.75, 3.05) is 7.11 Å².